The number of Topliss-reactive ketones (excluding diaryl/α,β-unsaturated/α-hetero) is 1. The molecule has 6 heteroatoms. The van der Waals surface area contributed by atoms with Crippen LogP contribution < -0.4 is 9.64 Å². The molecule has 1 atom stereocenters. The Balaban J connectivity index is 1.96. The molecule has 5 nitrogen and oxygen atoms in total. The predicted octanol–water partition coefficient (Wildman–Crippen LogP) is 4.77. The molecule has 1 amide bonds. The van der Waals surface area contributed by atoms with Gasteiger partial charge in [0.25, 0.3) is 11.7 Å². The lowest BCUT2D eigenvalue weighted by atomic mass is 9.94. The minimum absolute atomic E-state index is 0.0619. The number of aliphatic hydroxyl groups excluding tert-OH is 1. The SMILES string of the molecule is COc1cccc(/C(O)=C2\C(=O)C(=O)N(c3cccc(F)c3)C2c2cccc(C)c2)c1. The van der Waals surface area contributed by atoms with Crippen molar-refractivity contribution in [3.8, 4) is 5.75 Å². The molecule has 0 spiro atoms. The Labute approximate surface area is 179 Å². The molecule has 1 unspecified atom stereocenters. The summed E-state index contributed by atoms with van der Waals surface area (Å²) >= 11 is 0. The average Bonchev–Trinajstić information content (AvgIpc) is 3.04. The normalized spacial score (nSPS) is 17.8. The van der Waals surface area contributed by atoms with Gasteiger partial charge in [-0.1, -0.05) is 48.0 Å². The fourth-order valence-electron chi connectivity index (χ4n) is 3.81. The molecule has 1 heterocycles. The topological polar surface area (TPSA) is 66.8 Å². The van der Waals surface area contributed by atoms with E-state index in [0.717, 1.165) is 5.56 Å². The van der Waals surface area contributed by atoms with E-state index in [1.807, 2.05) is 25.1 Å². The number of aryl methyl sites for hydroxylation is 1. The lowest BCUT2D eigenvalue weighted by Crippen LogP contribution is -2.29. The van der Waals surface area contributed by atoms with Crippen molar-refractivity contribution in [3.05, 3.63) is 101 Å². The third-order valence-electron chi connectivity index (χ3n) is 5.23. The maximum absolute atomic E-state index is 13.9. The molecule has 1 N–H and O–H groups in total. The first kappa shape index (κ1) is 20.3. The van der Waals surface area contributed by atoms with Gasteiger partial charge in [0, 0.05) is 11.3 Å². The summed E-state index contributed by atoms with van der Waals surface area (Å²) in [6.45, 7) is 1.89. The number of nitrogens with zero attached hydrogens (tertiary/aromatic N) is 1. The number of hydrogen-bond donors (Lipinski definition) is 1. The van der Waals surface area contributed by atoms with Gasteiger partial charge in [0.2, 0.25) is 0 Å². The van der Waals surface area contributed by atoms with E-state index < -0.39 is 23.5 Å². The van der Waals surface area contributed by atoms with Crippen LogP contribution in [0.5, 0.6) is 5.75 Å². The first-order valence-electron chi connectivity index (χ1n) is 9.68. The molecule has 1 fully saturated rings. The summed E-state index contributed by atoms with van der Waals surface area (Å²) in [5.74, 6) is -2.02. The highest BCUT2D eigenvalue weighted by Crippen LogP contribution is 2.42. The fraction of sp³-hybridized carbons (Fsp3) is 0.120. The Bertz CT molecular complexity index is 1220. The van der Waals surface area contributed by atoms with Gasteiger partial charge >= 0.3 is 0 Å². The number of ether oxygens (including phenoxy) is 1. The van der Waals surface area contributed by atoms with Gasteiger partial charge in [-0.05, 0) is 42.8 Å². The summed E-state index contributed by atoms with van der Waals surface area (Å²) < 4.78 is 19.2. The summed E-state index contributed by atoms with van der Waals surface area (Å²) in [7, 11) is 1.49. The van der Waals surface area contributed by atoms with Crippen LogP contribution >= 0.6 is 0 Å². The largest absolute Gasteiger partial charge is 0.507 e. The van der Waals surface area contributed by atoms with Gasteiger partial charge in [0.1, 0.15) is 17.3 Å². The van der Waals surface area contributed by atoms with Crippen LogP contribution in [0.15, 0.2) is 78.4 Å². The predicted molar refractivity (Wildman–Crippen MR) is 115 cm³/mol. The summed E-state index contributed by atoms with van der Waals surface area (Å²) in [5, 5.41) is 11.1. The number of aliphatic hydroxyl groups is 1. The van der Waals surface area contributed by atoms with E-state index in [2.05, 4.69) is 0 Å². The van der Waals surface area contributed by atoms with E-state index in [9.17, 15) is 19.1 Å². The average molecular weight is 417 g/mol. The third-order valence-corrected chi connectivity index (χ3v) is 5.23. The summed E-state index contributed by atoms with van der Waals surface area (Å²) in [4.78, 5) is 27.3. The molecule has 3 aromatic carbocycles. The maximum Gasteiger partial charge on any atom is 0.300 e. The molecule has 3 aromatic rings. The molecule has 0 aliphatic carbocycles. The number of hydrogen-bond acceptors (Lipinski definition) is 4. The highest BCUT2D eigenvalue weighted by Gasteiger charge is 2.47. The minimum atomic E-state index is -0.909. The first-order valence-corrected chi connectivity index (χ1v) is 9.68. The van der Waals surface area contributed by atoms with E-state index in [1.54, 1.807) is 36.4 Å². The zero-order valence-electron chi connectivity index (χ0n) is 17.0. The Morgan fingerprint density at radius 2 is 1.74 bits per heavy atom. The Morgan fingerprint density at radius 1 is 1.00 bits per heavy atom. The Kier molecular flexibility index (Phi) is 5.29. The maximum atomic E-state index is 13.9. The second-order valence-corrected chi connectivity index (χ2v) is 7.30. The van der Waals surface area contributed by atoms with E-state index in [-0.39, 0.29) is 17.0 Å². The number of anilines is 1. The number of carbonyl (C=O) groups excluding carboxylic acids is 2. The minimum Gasteiger partial charge on any atom is -0.507 e. The van der Waals surface area contributed by atoms with E-state index in [4.69, 9.17) is 4.74 Å². The number of rotatable bonds is 4. The quantitative estimate of drug-likeness (QED) is 0.377. The summed E-state index contributed by atoms with van der Waals surface area (Å²) in [5.41, 5.74) is 2.07. The lowest BCUT2D eigenvalue weighted by Gasteiger charge is -2.25. The monoisotopic (exact) mass is 417 g/mol. The molecule has 0 bridgehead atoms. The first-order chi connectivity index (χ1) is 14.9. The Morgan fingerprint density at radius 3 is 2.45 bits per heavy atom. The van der Waals surface area contributed by atoms with E-state index >= 15 is 0 Å². The van der Waals surface area contributed by atoms with Crippen molar-refractivity contribution in [1.82, 2.24) is 0 Å². The third kappa shape index (κ3) is 3.68. The van der Waals surface area contributed by atoms with Crippen molar-refractivity contribution >= 4 is 23.1 Å². The van der Waals surface area contributed by atoms with Gasteiger partial charge in [-0.3, -0.25) is 14.5 Å². The number of amides is 1. The van der Waals surface area contributed by atoms with Crippen LogP contribution in [0.1, 0.15) is 22.7 Å². The van der Waals surface area contributed by atoms with Gasteiger partial charge < -0.3 is 9.84 Å². The van der Waals surface area contributed by atoms with Crippen molar-refractivity contribution < 1.29 is 23.8 Å². The molecular weight excluding hydrogens is 397 g/mol. The molecule has 4 rings (SSSR count). The van der Waals surface area contributed by atoms with Gasteiger partial charge in [-0.2, -0.15) is 0 Å². The molecule has 0 aromatic heterocycles. The van der Waals surface area contributed by atoms with Crippen molar-refractivity contribution in [1.29, 1.82) is 0 Å². The zero-order chi connectivity index (χ0) is 22.1. The van der Waals surface area contributed by atoms with Crippen LogP contribution in [0, 0.1) is 12.7 Å². The lowest BCUT2D eigenvalue weighted by molar-refractivity contribution is -0.132. The van der Waals surface area contributed by atoms with Crippen molar-refractivity contribution in [3.63, 3.8) is 0 Å². The highest BCUT2D eigenvalue weighted by molar-refractivity contribution is 6.51. The van der Waals surface area contributed by atoms with Crippen LogP contribution in [0.4, 0.5) is 10.1 Å². The Hall–Kier alpha value is -3.93. The number of benzene rings is 3. The van der Waals surface area contributed by atoms with Crippen LogP contribution in [0.3, 0.4) is 0 Å². The second kappa shape index (κ2) is 8.07. The van der Waals surface area contributed by atoms with Crippen molar-refractivity contribution in [2.75, 3.05) is 12.0 Å². The summed E-state index contributed by atoms with van der Waals surface area (Å²) in [6.07, 6.45) is 0. The van der Waals surface area contributed by atoms with Gasteiger partial charge in [-0.15, -0.1) is 0 Å². The number of halogens is 1. The molecule has 0 saturated carbocycles. The number of ketones is 1. The van der Waals surface area contributed by atoms with Gasteiger partial charge in [0.05, 0.1) is 18.7 Å². The second-order valence-electron chi connectivity index (χ2n) is 7.30. The highest BCUT2D eigenvalue weighted by atomic mass is 19.1. The summed E-state index contributed by atoms with van der Waals surface area (Å²) in [6, 6.07) is 18.5. The smallest absolute Gasteiger partial charge is 0.300 e. The van der Waals surface area contributed by atoms with Crippen molar-refractivity contribution in [2.45, 2.75) is 13.0 Å². The number of methoxy groups -OCH3 is 1. The zero-order valence-corrected chi connectivity index (χ0v) is 17.0. The van der Waals surface area contributed by atoms with E-state index in [1.165, 1.54) is 30.2 Å². The van der Waals surface area contributed by atoms with Gasteiger partial charge in [0.15, 0.2) is 0 Å². The van der Waals surface area contributed by atoms with Crippen LogP contribution in [0.25, 0.3) is 5.76 Å². The molecule has 0 radical (unpaired) electrons. The standard InChI is InChI=1S/C25H20FNO4/c1-15-6-3-7-16(12-15)22-21(23(28)17-8-4-11-20(13-17)31-2)24(29)25(30)27(22)19-10-5-9-18(26)14-19/h3-14,22,28H,1-2H3/b23-21+. The molecule has 1 aliphatic rings. The van der Waals surface area contributed by atoms with E-state index in [0.29, 0.717) is 16.9 Å². The fourth-order valence-corrected chi connectivity index (χ4v) is 3.81. The van der Waals surface area contributed by atoms with Gasteiger partial charge in [-0.25, -0.2) is 4.39 Å². The molecular formula is C25H20FNO4. The molecule has 156 valence electrons. The van der Waals surface area contributed by atoms with Crippen LogP contribution in [-0.4, -0.2) is 23.9 Å². The van der Waals surface area contributed by atoms with Crippen molar-refractivity contribution in [2.24, 2.45) is 0 Å². The molecule has 31 heavy (non-hydrogen) atoms. The molecule has 1 aliphatic heterocycles. The molecule has 1 saturated heterocycles. The number of carbonyl (C=O) groups is 2. The van der Waals surface area contributed by atoms with Crippen LogP contribution in [0.2, 0.25) is 0 Å². The van der Waals surface area contributed by atoms with Crippen LogP contribution in [-0.2, 0) is 9.59 Å².